The Hall–Kier alpha value is -1.94. The van der Waals surface area contributed by atoms with E-state index in [0.717, 1.165) is 102 Å². The number of esters is 4. The van der Waals surface area contributed by atoms with Gasteiger partial charge in [0.05, 0.1) is 26.4 Å². The van der Waals surface area contributed by atoms with Gasteiger partial charge in [0.15, 0.2) is 12.2 Å². The number of aliphatic hydroxyl groups excluding tert-OH is 1. The first-order valence-corrected chi connectivity index (χ1v) is 47.0. The summed E-state index contributed by atoms with van der Waals surface area (Å²) in [6.45, 7) is 9.73. The second kappa shape index (κ2) is 76.4. The summed E-state index contributed by atoms with van der Waals surface area (Å²) in [5.41, 5.74) is 0. The molecule has 5 atom stereocenters. The summed E-state index contributed by atoms with van der Waals surface area (Å²) in [4.78, 5) is 73.2. The Morgan fingerprint density at radius 3 is 0.654 bits per heavy atom. The van der Waals surface area contributed by atoms with Gasteiger partial charge in [-0.05, 0) is 37.5 Å². The first-order chi connectivity index (χ1) is 50.4. The molecule has 0 saturated heterocycles. The van der Waals surface area contributed by atoms with Gasteiger partial charge in [-0.2, -0.15) is 0 Å². The number of aliphatic hydroxyl groups is 1. The monoisotopic (exact) mass is 1520 g/mol. The number of hydrogen-bond donors (Lipinski definition) is 3. The Labute approximate surface area is 638 Å². The van der Waals surface area contributed by atoms with Gasteiger partial charge in [-0.3, -0.25) is 37.3 Å². The van der Waals surface area contributed by atoms with Crippen LogP contribution in [0.2, 0.25) is 0 Å². The number of hydrogen-bond acceptors (Lipinski definition) is 15. The fraction of sp³-hybridized carbons (Fsp3) is 0.953. The molecule has 0 heterocycles. The number of unbranched alkanes of at least 4 members (excludes halogenated alkanes) is 54. The van der Waals surface area contributed by atoms with Crippen LogP contribution >= 0.6 is 15.6 Å². The summed E-state index contributed by atoms with van der Waals surface area (Å²) in [6.07, 6.45) is 67.9. The standard InChI is InChI=1S/C85H166O17P2/c1-7-9-11-13-15-17-19-29-37-43-49-55-61-67-82(87)95-73-80(101-84(89)69-63-57-51-45-39-30-20-18-16-14-12-10-8-2)75-99-103(91,92)97-71-79(86)72-98-104(93,94)100-76-81(102-85(90)70-64-58-52-46-40-34-28-24-22-26-32-36-42-48-54-60-66-78(5)6)74-96-83(88)68-62-56-50-44-38-33-27-23-21-25-31-35-41-47-53-59-65-77(3)4/h77-81,86H,7-76H2,1-6H3,(H,91,92)(H,93,94)/t79-,80+,81+/m0/s1. The minimum Gasteiger partial charge on any atom is -0.462 e. The van der Waals surface area contributed by atoms with Crippen molar-refractivity contribution in [2.75, 3.05) is 39.6 Å². The normalized spacial score (nSPS) is 13.8. The van der Waals surface area contributed by atoms with E-state index in [1.165, 1.54) is 270 Å². The quantitative estimate of drug-likeness (QED) is 0.0222. The molecule has 0 spiro atoms. The average molecular weight is 1520 g/mol. The molecule has 0 bridgehead atoms. The SMILES string of the molecule is CCCCCCCCCCCCCCCC(=O)OC[C@H](COP(=O)(O)OC[C@H](O)COP(=O)(O)OC[C@@H](COC(=O)CCCCCCCCCCCCCCCCCCC(C)C)OC(=O)CCCCCCCCCCCCCCCCCCC(C)C)OC(=O)CCCCCCCCCCCCCCC. The molecule has 0 amide bonds. The molecule has 3 N–H and O–H groups in total. The summed E-state index contributed by atoms with van der Waals surface area (Å²) in [5, 5.41) is 10.7. The fourth-order valence-electron chi connectivity index (χ4n) is 13.2. The van der Waals surface area contributed by atoms with E-state index in [1.54, 1.807) is 0 Å². The lowest BCUT2D eigenvalue weighted by molar-refractivity contribution is -0.161. The van der Waals surface area contributed by atoms with Crippen molar-refractivity contribution in [1.29, 1.82) is 0 Å². The van der Waals surface area contributed by atoms with E-state index in [1.807, 2.05) is 0 Å². The Morgan fingerprint density at radius 2 is 0.442 bits per heavy atom. The predicted molar refractivity (Wildman–Crippen MR) is 428 cm³/mol. The van der Waals surface area contributed by atoms with Gasteiger partial charge >= 0.3 is 39.5 Å². The summed E-state index contributed by atoms with van der Waals surface area (Å²) in [7, 11) is -9.93. The number of carbonyl (C=O) groups excluding carboxylic acids is 4. The van der Waals surface area contributed by atoms with Crippen LogP contribution in [0.3, 0.4) is 0 Å². The third kappa shape index (κ3) is 78.2. The predicted octanol–water partition coefficient (Wildman–Crippen LogP) is 25.8. The van der Waals surface area contributed by atoms with Crippen LogP contribution in [0, 0.1) is 11.8 Å². The Morgan fingerprint density at radius 1 is 0.260 bits per heavy atom. The van der Waals surface area contributed by atoms with Crippen LogP contribution in [0.4, 0.5) is 0 Å². The second-order valence-corrected chi connectivity index (χ2v) is 34.4. The molecule has 0 aliphatic rings. The van der Waals surface area contributed by atoms with Crippen LogP contribution in [0.1, 0.15) is 452 Å². The van der Waals surface area contributed by atoms with Crippen LogP contribution in [0.5, 0.6) is 0 Å². The zero-order valence-corrected chi connectivity index (χ0v) is 70.1. The van der Waals surface area contributed by atoms with Gasteiger partial charge < -0.3 is 33.8 Å². The number of phosphoric ester groups is 2. The molecular formula is C85H166O17P2. The maximum Gasteiger partial charge on any atom is 0.472 e. The van der Waals surface area contributed by atoms with E-state index >= 15 is 0 Å². The molecular weight excluding hydrogens is 1350 g/mol. The number of phosphoric acid groups is 2. The van der Waals surface area contributed by atoms with Crippen molar-refractivity contribution in [1.82, 2.24) is 0 Å². The molecule has 0 saturated carbocycles. The summed E-state index contributed by atoms with van der Waals surface area (Å²) >= 11 is 0. The fourth-order valence-corrected chi connectivity index (χ4v) is 14.8. The maximum absolute atomic E-state index is 13.1. The van der Waals surface area contributed by atoms with E-state index in [4.69, 9.17) is 37.0 Å². The highest BCUT2D eigenvalue weighted by Gasteiger charge is 2.30. The van der Waals surface area contributed by atoms with Gasteiger partial charge in [0.2, 0.25) is 0 Å². The Balaban J connectivity index is 5.25. The van der Waals surface area contributed by atoms with Gasteiger partial charge in [0, 0.05) is 25.7 Å². The van der Waals surface area contributed by atoms with Crippen LogP contribution in [0.25, 0.3) is 0 Å². The molecule has 618 valence electrons. The van der Waals surface area contributed by atoms with Gasteiger partial charge in [-0.1, -0.05) is 401 Å². The molecule has 0 aromatic heterocycles. The lowest BCUT2D eigenvalue weighted by Gasteiger charge is -2.21. The zero-order valence-electron chi connectivity index (χ0n) is 68.3. The number of carbonyl (C=O) groups is 4. The molecule has 0 aromatic rings. The number of ether oxygens (including phenoxy) is 4. The van der Waals surface area contributed by atoms with Crippen LogP contribution in [-0.4, -0.2) is 96.7 Å². The minimum absolute atomic E-state index is 0.108. The lowest BCUT2D eigenvalue weighted by Crippen LogP contribution is -2.30. The summed E-state index contributed by atoms with van der Waals surface area (Å²) < 4.78 is 68.9. The molecule has 17 nitrogen and oxygen atoms in total. The van der Waals surface area contributed by atoms with Crippen LogP contribution < -0.4 is 0 Å². The third-order valence-electron chi connectivity index (χ3n) is 20.0. The number of rotatable bonds is 84. The van der Waals surface area contributed by atoms with Gasteiger partial charge in [0.25, 0.3) is 0 Å². The Bertz CT molecular complexity index is 1990. The van der Waals surface area contributed by atoms with Gasteiger partial charge in [-0.25, -0.2) is 9.13 Å². The molecule has 0 aromatic carbocycles. The molecule has 104 heavy (non-hydrogen) atoms. The van der Waals surface area contributed by atoms with E-state index in [-0.39, 0.29) is 25.7 Å². The van der Waals surface area contributed by atoms with Crippen molar-refractivity contribution >= 4 is 39.5 Å². The molecule has 0 aliphatic heterocycles. The van der Waals surface area contributed by atoms with Gasteiger partial charge in [-0.15, -0.1) is 0 Å². The smallest absolute Gasteiger partial charge is 0.462 e. The van der Waals surface area contributed by atoms with Crippen LogP contribution in [-0.2, 0) is 65.4 Å². The van der Waals surface area contributed by atoms with Gasteiger partial charge in [0.1, 0.15) is 19.3 Å². The molecule has 19 heteroatoms. The van der Waals surface area contributed by atoms with E-state index < -0.39 is 97.5 Å². The largest absolute Gasteiger partial charge is 0.472 e. The highest BCUT2D eigenvalue weighted by atomic mass is 31.2. The molecule has 0 rings (SSSR count). The summed E-state index contributed by atoms with van der Waals surface area (Å²) in [6, 6.07) is 0. The van der Waals surface area contributed by atoms with Crippen molar-refractivity contribution in [3.05, 3.63) is 0 Å². The first-order valence-electron chi connectivity index (χ1n) is 44.0. The van der Waals surface area contributed by atoms with Crippen molar-refractivity contribution < 1.29 is 80.2 Å². The van der Waals surface area contributed by atoms with Crippen molar-refractivity contribution in [2.24, 2.45) is 11.8 Å². The molecule has 0 aliphatic carbocycles. The Kier molecular flexibility index (Phi) is 75.0. The van der Waals surface area contributed by atoms with Crippen LogP contribution in [0.15, 0.2) is 0 Å². The maximum atomic E-state index is 13.1. The topological polar surface area (TPSA) is 237 Å². The van der Waals surface area contributed by atoms with E-state index in [9.17, 15) is 43.2 Å². The first kappa shape index (κ1) is 102. The van der Waals surface area contributed by atoms with Crippen molar-refractivity contribution in [3.8, 4) is 0 Å². The van der Waals surface area contributed by atoms with Crippen molar-refractivity contribution in [3.63, 3.8) is 0 Å². The highest BCUT2D eigenvalue weighted by Crippen LogP contribution is 2.45. The average Bonchev–Trinajstić information content (AvgIpc) is 0.904. The molecule has 2 unspecified atom stereocenters. The molecule has 0 fully saturated rings. The van der Waals surface area contributed by atoms with E-state index in [0.29, 0.717) is 25.7 Å². The van der Waals surface area contributed by atoms with Crippen molar-refractivity contribution in [2.45, 2.75) is 471 Å². The lowest BCUT2D eigenvalue weighted by atomic mass is 10.0. The minimum atomic E-state index is -4.97. The zero-order chi connectivity index (χ0) is 76.4. The summed E-state index contributed by atoms with van der Waals surface area (Å²) in [5.74, 6) is -0.478. The van der Waals surface area contributed by atoms with E-state index in [2.05, 4.69) is 41.5 Å². The second-order valence-electron chi connectivity index (χ2n) is 31.5. The molecule has 0 radical (unpaired) electrons. The highest BCUT2D eigenvalue weighted by molar-refractivity contribution is 7.47. The third-order valence-corrected chi connectivity index (χ3v) is 21.9.